The number of nitrogens with zero attached hydrogens (tertiary/aromatic N) is 3. The molecule has 0 spiro atoms. The van der Waals surface area contributed by atoms with E-state index in [9.17, 15) is 4.79 Å². The lowest BCUT2D eigenvalue weighted by atomic mass is 10.2. The van der Waals surface area contributed by atoms with Gasteiger partial charge in [-0.15, -0.1) is 0 Å². The van der Waals surface area contributed by atoms with Gasteiger partial charge in [0.25, 0.3) is 5.91 Å². The van der Waals surface area contributed by atoms with Crippen molar-refractivity contribution in [3.8, 4) is 0 Å². The Morgan fingerprint density at radius 1 is 1.62 bits per heavy atom. The largest absolute Gasteiger partial charge is 0.335 e. The zero-order valence-corrected chi connectivity index (χ0v) is 11.6. The molecule has 0 atom stereocenters. The molecule has 0 radical (unpaired) electrons. The molecule has 16 heavy (non-hydrogen) atoms. The average molecular weight is 288 g/mol. The van der Waals surface area contributed by atoms with Crippen molar-refractivity contribution < 1.29 is 4.79 Å². The van der Waals surface area contributed by atoms with Crippen LogP contribution in [0.4, 0.5) is 0 Å². The number of amides is 1. The van der Waals surface area contributed by atoms with Gasteiger partial charge in [-0.2, -0.15) is 0 Å². The fraction of sp³-hybridized carbons (Fsp3) is 0.636. The van der Waals surface area contributed by atoms with Crippen LogP contribution in [0, 0.1) is 0 Å². The number of aromatic nitrogens is 2. The van der Waals surface area contributed by atoms with E-state index < -0.39 is 0 Å². The van der Waals surface area contributed by atoms with Crippen molar-refractivity contribution in [2.75, 3.05) is 11.9 Å². The van der Waals surface area contributed by atoms with Crippen LogP contribution in [0.15, 0.2) is 12.5 Å². The Labute approximate surface area is 105 Å². The van der Waals surface area contributed by atoms with E-state index in [0.717, 1.165) is 18.3 Å². The first-order valence-corrected chi connectivity index (χ1v) is 6.53. The average Bonchev–Trinajstić information content (AvgIpc) is 2.64. The number of imidazole rings is 1. The summed E-state index contributed by atoms with van der Waals surface area (Å²) in [5, 5.41) is 0.912. The van der Waals surface area contributed by atoms with Crippen LogP contribution in [0.1, 0.15) is 30.8 Å². The van der Waals surface area contributed by atoms with Gasteiger partial charge in [0.05, 0.1) is 12.5 Å². The van der Waals surface area contributed by atoms with Gasteiger partial charge in [0.1, 0.15) is 5.69 Å². The maximum atomic E-state index is 12.2. The van der Waals surface area contributed by atoms with Gasteiger partial charge in [-0.25, -0.2) is 4.98 Å². The molecule has 1 amide bonds. The lowest BCUT2D eigenvalue weighted by molar-refractivity contribution is 0.0697. The molecule has 90 valence electrons. The number of alkyl halides is 1. The smallest absolute Gasteiger partial charge is 0.272 e. The predicted molar refractivity (Wildman–Crippen MR) is 67.8 cm³/mol. The molecule has 1 rings (SSSR count). The second-order valence-electron chi connectivity index (χ2n) is 4.02. The summed E-state index contributed by atoms with van der Waals surface area (Å²) in [6, 6.07) is 0.210. The first-order valence-electron chi connectivity index (χ1n) is 5.41. The van der Waals surface area contributed by atoms with Gasteiger partial charge >= 0.3 is 0 Å². The van der Waals surface area contributed by atoms with Crippen LogP contribution in [0.3, 0.4) is 0 Å². The van der Waals surface area contributed by atoms with Crippen LogP contribution < -0.4 is 0 Å². The number of hydrogen-bond donors (Lipinski definition) is 0. The first-order chi connectivity index (χ1) is 7.57. The standard InChI is InChI=1S/C11H18BrN3O/c1-9(2)15(6-4-5-12)11(16)10-7-13-8-14(10)3/h7-9H,4-6H2,1-3H3. The highest BCUT2D eigenvalue weighted by Crippen LogP contribution is 2.08. The van der Waals surface area contributed by atoms with E-state index in [4.69, 9.17) is 0 Å². The molecule has 0 fully saturated rings. The van der Waals surface area contributed by atoms with Crippen molar-refractivity contribution in [1.29, 1.82) is 0 Å². The summed E-state index contributed by atoms with van der Waals surface area (Å²) in [7, 11) is 1.84. The number of hydrogen-bond acceptors (Lipinski definition) is 2. The van der Waals surface area contributed by atoms with Gasteiger partial charge in [-0.05, 0) is 20.3 Å². The molecular formula is C11H18BrN3O. The van der Waals surface area contributed by atoms with Crippen LogP contribution in [0.5, 0.6) is 0 Å². The highest BCUT2D eigenvalue weighted by Gasteiger charge is 2.20. The zero-order valence-electron chi connectivity index (χ0n) is 9.98. The molecular weight excluding hydrogens is 270 g/mol. The van der Waals surface area contributed by atoms with E-state index in [1.54, 1.807) is 17.1 Å². The maximum absolute atomic E-state index is 12.2. The Bertz CT molecular complexity index is 349. The molecule has 0 saturated carbocycles. The van der Waals surface area contributed by atoms with E-state index >= 15 is 0 Å². The third-order valence-electron chi connectivity index (χ3n) is 2.45. The molecule has 0 aliphatic rings. The van der Waals surface area contributed by atoms with Crippen molar-refractivity contribution in [3.05, 3.63) is 18.2 Å². The number of halogens is 1. The Balaban J connectivity index is 2.79. The van der Waals surface area contributed by atoms with E-state index in [2.05, 4.69) is 20.9 Å². The van der Waals surface area contributed by atoms with E-state index in [1.807, 2.05) is 25.8 Å². The van der Waals surface area contributed by atoms with E-state index in [0.29, 0.717) is 5.69 Å². The second kappa shape index (κ2) is 6.03. The SMILES string of the molecule is CC(C)N(CCCBr)C(=O)c1cncn1C. The summed E-state index contributed by atoms with van der Waals surface area (Å²) >= 11 is 3.38. The molecule has 0 aliphatic carbocycles. The first kappa shape index (κ1) is 13.2. The Kier molecular flexibility index (Phi) is 4.99. The molecule has 4 nitrogen and oxygen atoms in total. The minimum atomic E-state index is 0.0518. The summed E-state index contributed by atoms with van der Waals surface area (Å²) < 4.78 is 1.76. The molecule has 0 bridgehead atoms. The summed E-state index contributed by atoms with van der Waals surface area (Å²) in [6.07, 6.45) is 4.23. The quantitative estimate of drug-likeness (QED) is 0.778. The van der Waals surface area contributed by atoms with Crippen LogP contribution in [0.25, 0.3) is 0 Å². The highest BCUT2D eigenvalue weighted by atomic mass is 79.9. The minimum Gasteiger partial charge on any atom is -0.335 e. The summed E-state index contributed by atoms with van der Waals surface area (Å²) in [5.41, 5.74) is 0.642. The number of carbonyl (C=O) groups is 1. The Hall–Kier alpha value is -0.840. The van der Waals surface area contributed by atoms with Crippen LogP contribution in [0.2, 0.25) is 0 Å². The number of rotatable bonds is 5. The zero-order chi connectivity index (χ0) is 12.1. The molecule has 0 saturated heterocycles. The Morgan fingerprint density at radius 2 is 2.31 bits per heavy atom. The van der Waals surface area contributed by atoms with E-state index in [-0.39, 0.29) is 11.9 Å². The van der Waals surface area contributed by atoms with Gasteiger partial charge < -0.3 is 9.47 Å². The van der Waals surface area contributed by atoms with Crippen molar-refractivity contribution in [3.63, 3.8) is 0 Å². The summed E-state index contributed by atoms with van der Waals surface area (Å²) in [5.74, 6) is 0.0518. The Morgan fingerprint density at radius 3 is 2.75 bits per heavy atom. The molecule has 1 heterocycles. The maximum Gasteiger partial charge on any atom is 0.272 e. The number of aryl methyl sites for hydroxylation is 1. The molecule has 1 aromatic rings. The lowest BCUT2D eigenvalue weighted by Crippen LogP contribution is -2.38. The van der Waals surface area contributed by atoms with Gasteiger partial charge in [0, 0.05) is 25.0 Å². The molecule has 0 unspecified atom stereocenters. The normalized spacial score (nSPS) is 10.8. The van der Waals surface area contributed by atoms with Crippen LogP contribution in [-0.2, 0) is 7.05 Å². The van der Waals surface area contributed by atoms with Crippen LogP contribution >= 0.6 is 15.9 Å². The summed E-state index contributed by atoms with van der Waals surface area (Å²) in [6.45, 7) is 4.83. The van der Waals surface area contributed by atoms with Crippen molar-refractivity contribution in [2.45, 2.75) is 26.3 Å². The lowest BCUT2D eigenvalue weighted by Gasteiger charge is -2.26. The predicted octanol–water partition coefficient (Wildman–Crippen LogP) is 2.06. The molecule has 5 heteroatoms. The third-order valence-corrected chi connectivity index (χ3v) is 3.01. The molecule has 0 N–H and O–H groups in total. The van der Waals surface area contributed by atoms with Crippen molar-refractivity contribution >= 4 is 21.8 Å². The monoisotopic (exact) mass is 287 g/mol. The van der Waals surface area contributed by atoms with Gasteiger partial charge in [0.2, 0.25) is 0 Å². The third kappa shape index (κ3) is 3.07. The van der Waals surface area contributed by atoms with Gasteiger partial charge in [0.15, 0.2) is 0 Å². The van der Waals surface area contributed by atoms with Gasteiger partial charge in [-0.3, -0.25) is 4.79 Å². The van der Waals surface area contributed by atoms with Gasteiger partial charge in [-0.1, -0.05) is 15.9 Å². The topological polar surface area (TPSA) is 38.1 Å². The number of carbonyl (C=O) groups excluding carboxylic acids is 1. The van der Waals surface area contributed by atoms with E-state index in [1.165, 1.54) is 0 Å². The second-order valence-corrected chi connectivity index (χ2v) is 4.82. The molecule has 1 aromatic heterocycles. The van der Waals surface area contributed by atoms with Crippen LogP contribution in [-0.4, -0.2) is 38.3 Å². The van der Waals surface area contributed by atoms with Crippen molar-refractivity contribution in [2.24, 2.45) is 7.05 Å². The minimum absolute atomic E-state index is 0.0518. The highest BCUT2D eigenvalue weighted by molar-refractivity contribution is 9.09. The molecule has 0 aromatic carbocycles. The summed E-state index contributed by atoms with van der Waals surface area (Å²) in [4.78, 5) is 18.1. The fourth-order valence-electron chi connectivity index (χ4n) is 1.53. The molecule has 0 aliphatic heterocycles. The van der Waals surface area contributed by atoms with Crippen molar-refractivity contribution in [1.82, 2.24) is 14.5 Å². The fourth-order valence-corrected chi connectivity index (χ4v) is 1.79.